The highest BCUT2D eigenvalue weighted by Gasteiger charge is 1.96. The molecule has 0 radical (unpaired) electrons. The molecule has 2 aromatic rings. The van der Waals surface area contributed by atoms with Crippen molar-refractivity contribution in [1.82, 2.24) is 0 Å². The Balaban J connectivity index is 1.82. The molecule has 0 unspecified atom stereocenters. The zero-order valence-electron chi connectivity index (χ0n) is 9.93. The topological polar surface area (TPSA) is 9.23 Å². The number of rotatable bonds is 5. The van der Waals surface area contributed by atoms with Crippen LogP contribution in [0.3, 0.4) is 0 Å². The van der Waals surface area contributed by atoms with E-state index < -0.39 is 0 Å². The predicted molar refractivity (Wildman–Crippen MR) is 73.9 cm³/mol. The highest BCUT2D eigenvalue weighted by molar-refractivity contribution is 7.99. The van der Waals surface area contributed by atoms with Gasteiger partial charge >= 0.3 is 0 Å². The summed E-state index contributed by atoms with van der Waals surface area (Å²) in [6.07, 6.45) is 1.11. The molecule has 0 spiro atoms. The molecular formula is C15H16OS. The normalized spacial score (nSPS) is 10.2. The van der Waals surface area contributed by atoms with Crippen molar-refractivity contribution in [2.45, 2.75) is 11.3 Å². The molecular weight excluding hydrogens is 228 g/mol. The summed E-state index contributed by atoms with van der Waals surface area (Å²) in [7, 11) is 1.69. The van der Waals surface area contributed by atoms with Gasteiger partial charge in [0.15, 0.2) is 0 Å². The van der Waals surface area contributed by atoms with Crippen LogP contribution in [-0.2, 0) is 6.42 Å². The molecule has 0 saturated carbocycles. The van der Waals surface area contributed by atoms with Gasteiger partial charge in [0.1, 0.15) is 5.75 Å². The number of aryl methyl sites for hydroxylation is 1. The quantitative estimate of drug-likeness (QED) is 0.734. The number of hydrogen-bond donors (Lipinski definition) is 0. The lowest BCUT2D eigenvalue weighted by atomic mass is 10.2. The predicted octanol–water partition coefficient (Wildman–Crippen LogP) is 4.03. The van der Waals surface area contributed by atoms with Crippen LogP contribution in [0.25, 0.3) is 0 Å². The Labute approximate surface area is 107 Å². The number of hydrogen-bond acceptors (Lipinski definition) is 2. The van der Waals surface area contributed by atoms with Crippen molar-refractivity contribution >= 4 is 11.8 Å². The first kappa shape index (κ1) is 12.1. The van der Waals surface area contributed by atoms with Gasteiger partial charge in [0.25, 0.3) is 0 Å². The largest absolute Gasteiger partial charge is 0.497 e. The van der Waals surface area contributed by atoms with Crippen LogP contribution in [0.1, 0.15) is 5.56 Å². The van der Waals surface area contributed by atoms with E-state index >= 15 is 0 Å². The molecule has 0 amide bonds. The molecule has 2 rings (SSSR count). The van der Waals surface area contributed by atoms with E-state index in [1.54, 1.807) is 7.11 Å². The van der Waals surface area contributed by atoms with Crippen LogP contribution in [-0.4, -0.2) is 12.9 Å². The van der Waals surface area contributed by atoms with Gasteiger partial charge in [-0.15, -0.1) is 11.8 Å². The van der Waals surface area contributed by atoms with Crippen LogP contribution in [0.5, 0.6) is 5.75 Å². The summed E-state index contributed by atoms with van der Waals surface area (Å²) in [5.41, 5.74) is 1.40. The Bertz CT molecular complexity index is 436. The highest BCUT2D eigenvalue weighted by Crippen LogP contribution is 2.22. The van der Waals surface area contributed by atoms with Gasteiger partial charge in [-0.2, -0.15) is 0 Å². The number of methoxy groups -OCH3 is 1. The van der Waals surface area contributed by atoms with Crippen LogP contribution in [0.15, 0.2) is 59.5 Å². The van der Waals surface area contributed by atoms with Gasteiger partial charge in [0.2, 0.25) is 0 Å². The maximum atomic E-state index is 5.13. The molecule has 0 bridgehead atoms. The van der Waals surface area contributed by atoms with Gasteiger partial charge in [0.05, 0.1) is 7.11 Å². The first-order valence-corrected chi connectivity index (χ1v) is 6.68. The first-order chi connectivity index (χ1) is 8.38. The van der Waals surface area contributed by atoms with Crippen molar-refractivity contribution in [2.75, 3.05) is 12.9 Å². The van der Waals surface area contributed by atoms with E-state index in [2.05, 4.69) is 42.5 Å². The maximum absolute atomic E-state index is 5.13. The minimum atomic E-state index is 0.914. The van der Waals surface area contributed by atoms with Crippen molar-refractivity contribution in [3.05, 3.63) is 60.2 Å². The fourth-order valence-electron chi connectivity index (χ4n) is 1.60. The van der Waals surface area contributed by atoms with Crippen molar-refractivity contribution in [3.8, 4) is 5.75 Å². The van der Waals surface area contributed by atoms with Crippen molar-refractivity contribution in [1.29, 1.82) is 0 Å². The molecule has 0 aliphatic heterocycles. The number of benzene rings is 2. The minimum absolute atomic E-state index is 0.914. The average molecular weight is 244 g/mol. The van der Waals surface area contributed by atoms with E-state index in [4.69, 9.17) is 4.74 Å². The second kappa shape index (κ2) is 6.36. The smallest absolute Gasteiger partial charge is 0.118 e. The second-order valence-corrected chi connectivity index (χ2v) is 4.93. The Morgan fingerprint density at radius 2 is 1.65 bits per heavy atom. The molecule has 0 N–H and O–H groups in total. The van der Waals surface area contributed by atoms with E-state index in [0.717, 1.165) is 17.9 Å². The average Bonchev–Trinajstić information content (AvgIpc) is 2.41. The lowest BCUT2D eigenvalue weighted by molar-refractivity contribution is 0.414. The molecule has 0 fully saturated rings. The van der Waals surface area contributed by atoms with Crippen LogP contribution >= 0.6 is 11.8 Å². The summed E-state index contributed by atoms with van der Waals surface area (Å²) in [6, 6.07) is 18.8. The number of ether oxygens (including phenoxy) is 1. The van der Waals surface area contributed by atoms with Crippen molar-refractivity contribution < 1.29 is 4.74 Å². The number of thioether (sulfide) groups is 1. The van der Waals surface area contributed by atoms with E-state index in [1.807, 2.05) is 23.9 Å². The Morgan fingerprint density at radius 1 is 0.941 bits per heavy atom. The van der Waals surface area contributed by atoms with E-state index in [1.165, 1.54) is 10.5 Å². The summed E-state index contributed by atoms with van der Waals surface area (Å²) in [4.78, 5) is 1.29. The highest BCUT2D eigenvalue weighted by atomic mass is 32.2. The molecule has 0 heterocycles. The zero-order chi connectivity index (χ0) is 11.9. The van der Waals surface area contributed by atoms with Crippen molar-refractivity contribution in [2.24, 2.45) is 0 Å². The van der Waals surface area contributed by atoms with Crippen molar-refractivity contribution in [3.63, 3.8) is 0 Å². The standard InChI is InChI=1S/C15H16OS/c1-16-14-7-9-15(10-8-14)17-12-11-13-5-3-2-4-6-13/h2-10H,11-12H2,1H3. The molecule has 0 saturated heterocycles. The van der Waals surface area contributed by atoms with Crippen LogP contribution < -0.4 is 4.74 Å². The lowest BCUT2D eigenvalue weighted by Gasteiger charge is -2.03. The maximum Gasteiger partial charge on any atom is 0.118 e. The monoisotopic (exact) mass is 244 g/mol. The Kier molecular flexibility index (Phi) is 4.51. The van der Waals surface area contributed by atoms with Gasteiger partial charge in [-0.3, -0.25) is 0 Å². The third kappa shape index (κ3) is 3.82. The molecule has 0 aromatic heterocycles. The van der Waals surface area contributed by atoms with Crippen LogP contribution in [0.2, 0.25) is 0 Å². The minimum Gasteiger partial charge on any atom is -0.497 e. The van der Waals surface area contributed by atoms with Gasteiger partial charge in [0, 0.05) is 10.6 Å². The molecule has 0 aliphatic carbocycles. The summed E-state index contributed by atoms with van der Waals surface area (Å²) >= 11 is 1.88. The molecule has 88 valence electrons. The fraction of sp³-hybridized carbons (Fsp3) is 0.200. The lowest BCUT2D eigenvalue weighted by Crippen LogP contribution is -1.87. The second-order valence-electron chi connectivity index (χ2n) is 3.76. The third-order valence-corrected chi connectivity index (χ3v) is 3.58. The fourth-order valence-corrected chi connectivity index (χ4v) is 2.51. The third-order valence-electron chi connectivity index (χ3n) is 2.56. The molecule has 2 heteroatoms. The van der Waals surface area contributed by atoms with Gasteiger partial charge < -0.3 is 4.74 Å². The Morgan fingerprint density at radius 3 is 2.29 bits per heavy atom. The van der Waals surface area contributed by atoms with Gasteiger partial charge in [-0.25, -0.2) is 0 Å². The summed E-state index contributed by atoms with van der Waals surface area (Å²) in [5, 5.41) is 0. The molecule has 17 heavy (non-hydrogen) atoms. The van der Waals surface area contributed by atoms with Gasteiger partial charge in [-0.1, -0.05) is 30.3 Å². The molecule has 0 atom stereocenters. The van der Waals surface area contributed by atoms with Crippen LogP contribution in [0.4, 0.5) is 0 Å². The summed E-state index contributed by atoms with van der Waals surface area (Å²) in [6.45, 7) is 0. The van der Waals surface area contributed by atoms with Crippen LogP contribution in [0, 0.1) is 0 Å². The summed E-state index contributed by atoms with van der Waals surface area (Å²) < 4.78 is 5.13. The van der Waals surface area contributed by atoms with E-state index in [9.17, 15) is 0 Å². The molecule has 0 aliphatic rings. The zero-order valence-corrected chi connectivity index (χ0v) is 10.7. The summed E-state index contributed by atoms with van der Waals surface area (Å²) in [5.74, 6) is 2.02. The first-order valence-electron chi connectivity index (χ1n) is 5.69. The van der Waals surface area contributed by atoms with E-state index in [-0.39, 0.29) is 0 Å². The van der Waals surface area contributed by atoms with E-state index in [0.29, 0.717) is 0 Å². The molecule has 2 aromatic carbocycles. The Hall–Kier alpha value is -1.41. The van der Waals surface area contributed by atoms with Gasteiger partial charge in [-0.05, 0) is 36.2 Å². The SMILES string of the molecule is COc1ccc(SCCc2ccccc2)cc1. The molecule has 1 nitrogen and oxygen atoms in total.